The molecule has 0 aliphatic carbocycles. The molecule has 25 heavy (non-hydrogen) atoms. The number of rotatable bonds is 6. The second-order valence-corrected chi connectivity index (χ2v) is 9.01. The van der Waals surface area contributed by atoms with Crippen molar-refractivity contribution < 1.29 is 13.2 Å². The van der Waals surface area contributed by atoms with Gasteiger partial charge < -0.3 is 4.90 Å². The summed E-state index contributed by atoms with van der Waals surface area (Å²) >= 11 is 12.0. The van der Waals surface area contributed by atoms with Crippen molar-refractivity contribution >= 4 is 39.1 Å². The molecule has 1 aromatic carbocycles. The summed E-state index contributed by atoms with van der Waals surface area (Å²) in [6.07, 6.45) is 1.41. The van der Waals surface area contributed by atoms with Crippen LogP contribution in [0.25, 0.3) is 0 Å². The van der Waals surface area contributed by atoms with Crippen molar-refractivity contribution in [2.75, 3.05) is 26.2 Å². The minimum absolute atomic E-state index is 0.0365. The Morgan fingerprint density at radius 1 is 1.28 bits per heavy atom. The van der Waals surface area contributed by atoms with Gasteiger partial charge >= 0.3 is 0 Å². The molecule has 1 heterocycles. The highest BCUT2D eigenvalue weighted by molar-refractivity contribution is 7.88. The number of piperidine rings is 1. The first-order valence-electron chi connectivity index (χ1n) is 8.49. The van der Waals surface area contributed by atoms with E-state index in [1.165, 1.54) is 10.4 Å². The van der Waals surface area contributed by atoms with E-state index in [0.29, 0.717) is 41.7 Å². The highest BCUT2D eigenvalue weighted by atomic mass is 35.5. The molecule has 1 saturated heterocycles. The Kier molecular flexibility index (Phi) is 7.14. The van der Waals surface area contributed by atoms with Gasteiger partial charge in [-0.3, -0.25) is 4.79 Å². The zero-order valence-electron chi connectivity index (χ0n) is 14.5. The van der Waals surface area contributed by atoms with Gasteiger partial charge in [-0.15, -0.1) is 0 Å². The van der Waals surface area contributed by atoms with Crippen molar-refractivity contribution in [1.29, 1.82) is 0 Å². The maximum Gasteiger partial charge on any atom is 0.226 e. The van der Waals surface area contributed by atoms with Crippen LogP contribution in [0.1, 0.15) is 32.3 Å². The summed E-state index contributed by atoms with van der Waals surface area (Å²) in [5.41, 5.74) is 0.517. The largest absolute Gasteiger partial charge is 0.343 e. The Morgan fingerprint density at radius 2 is 1.96 bits per heavy atom. The summed E-state index contributed by atoms with van der Waals surface area (Å²) in [6.45, 7) is 5.82. The molecule has 0 aromatic heterocycles. The molecule has 0 N–H and O–H groups in total. The quantitative estimate of drug-likeness (QED) is 0.726. The van der Waals surface area contributed by atoms with Crippen molar-refractivity contribution in [2.45, 2.75) is 32.4 Å². The number of carbonyl (C=O) groups is 1. The van der Waals surface area contributed by atoms with Crippen LogP contribution >= 0.6 is 23.2 Å². The highest BCUT2D eigenvalue weighted by Gasteiger charge is 2.34. The topological polar surface area (TPSA) is 57.7 Å². The predicted octanol–water partition coefficient (Wildman–Crippen LogP) is 3.40. The molecule has 5 nitrogen and oxygen atoms in total. The van der Waals surface area contributed by atoms with E-state index in [2.05, 4.69) is 0 Å². The van der Waals surface area contributed by atoms with Gasteiger partial charge in [-0.2, -0.15) is 0 Å². The fourth-order valence-electron chi connectivity index (χ4n) is 3.12. The molecule has 0 saturated carbocycles. The lowest BCUT2D eigenvalue weighted by molar-refractivity contribution is -0.136. The second-order valence-electron chi connectivity index (χ2n) is 6.20. The normalized spacial score (nSPS) is 19.0. The van der Waals surface area contributed by atoms with Crippen LogP contribution in [0.4, 0.5) is 0 Å². The van der Waals surface area contributed by atoms with E-state index < -0.39 is 10.0 Å². The Labute approximate surface area is 159 Å². The molecular formula is C17H24Cl2N2O3S. The third-order valence-electron chi connectivity index (χ3n) is 4.55. The average Bonchev–Trinajstić information content (AvgIpc) is 2.58. The fourth-order valence-corrected chi connectivity index (χ4v) is 5.31. The van der Waals surface area contributed by atoms with Gasteiger partial charge in [0, 0.05) is 36.2 Å². The molecule has 1 aliphatic heterocycles. The van der Waals surface area contributed by atoms with Crippen molar-refractivity contribution in [3.05, 3.63) is 33.8 Å². The van der Waals surface area contributed by atoms with Gasteiger partial charge in [-0.1, -0.05) is 29.3 Å². The SMILES string of the molecule is CCN(CC)C(=O)[C@H]1CCCN(S(=O)(=O)Cc2ccc(Cl)cc2Cl)C1. The highest BCUT2D eigenvalue weighted by Crippen LogP contribution is 2.26. The number of benzene rings is 1. The van der Waals surface area contributed by atoms with Crippen LogP contribution in [0.2, 0.25) is 10.0 Å². The molecule has 0 bridgehead atoms. The van der Waals surface area contributed by atoms with Crippen LogP contribution in [0, 0.1) is 5.92 Å². The van der Waals surface area contributed by atoms with Gasteiger partial charge in [0.1, 0.15) is 0 Å². The van der Waals surface area contributed by atoms with E-state index in [1.807, 2.05) is 13.8 Å². The Morgan fingerprint density at radius 3 is 2.56 bits per heavy atom. The Balaban J connectivity index is 2.12. The van der Waals surface area contributed by atoms with Gasteiger partial charge in [0.25, 0.3) is 0 Å². The molecule has 2 rings (SSSR count). The zero-order valence-corrected chi connectivity index (χ0v) is 16.9. The van der Waals surface area contributed by atoms with E-state index >= 15 is 0 Å². The molecule has 0 radical (unpaired) electrons. The van der Waals surface area contributed by atoms with Gasteiger partial charge in [-0.25, -0.2) is 12.7 Å². The summed E-state index contributed by atoms with van der Waals surface area (Å²) in [4.78, 5) is 14.3. The molecular weight excluding hydrogens is 383 g/mol. The van der Waals surface area contributed by atoms with E-state index in [4.69, 9.17) is 23.2 Å². The van der Waals surface area contributed by atoms with Crippen LogP contribution in [0.3, 0.4) is 0 Å². The van der Waals surface area contributed by atoms with E-state index in [1.54, 1.807) is 17.0 Å². The molecule has 1 aromatic rings. The van der Waals surface area contributed by atoms with E-state index in [0.717, 1.165) is 6.42 Å². The molecule has 8 heteroatoms. The summed E-state index contributed by atoms with van der Waals surface area (Å²) in [7, 11) is -3.54. The van der Waals surface area contributed by atoms with Crippen molar-refractivity contribution in [3.63, 3.8) is 0 Å². The molecule has 1 atom stereocenters. The second kappa shape index (κ2) is 8.71. The molecule has 0 unspecified atom stereocenters. The smallest absolute Gasteiger partial charge is 0.226 e. The standard InChI is InChI=1S/C17H24Cl2N2O3S/c1-3-20(4-2)17(22)13-6-5-9-21(11-13)25(23,24)12-14-7-8-15(18)10-16(14)19/h7-8,10,13H,3-6,9,11-12H2,1-2H3/t13-/m0/s1. The molecule has 1 amide bonds. The fraction of sp³-hybridized carbons (Fsp3) is 0.588. The number of amides is 1. The number of carbonyl (C=O) groups excluding carboxylic acids is 1. The monoisotopic (exact) mass is 406 g/mol. The van der Waals surface area contributed by atoms with Crippen LogP contribution < -0.4 is 0 Å². The summed E-state index contributed by atoms with van der Waals surface area (Å²) < 4.78 is 27.0. The first kappa shape index (κ1) is 20.5. The van der Waals surface area contributed by atoms with Crippen molar-refractivity contribution in [3.8, 4) is 0 Å². The Hall–Kier alpha value is -0.820. The van der Waals surface area contributed by atoms with E-state index in [-0.39, 0.29) is 24.1 Å². The van der Waals surface area contributed by atoms with Gasteiger partial charge in [0.15, 0.2) is 0 Å². The van der Waals surface area contributed by atoms with E-state index in [9.17, 15) is 13.2 Å². The number of hydrogen-bond donors (Lipinski definition) is 0. The van der Waals surface area contributed by atoms with Crippen LogP contribution in [-0.4, -0.2) is 49.7 Å². The molecule has 140 valence electrons. The third kappa shape index (κ3) is 5.09. The van der Waals surface area contributed by atoms with Gasteiger partial charge in [0.2, 0.25) is 15.9 Å². The number of hydrogen-bond acceptors (Lipinski definition) is 3. The van der Waals surface area contributed by atoms with Gasteiger partial charge in [-0.05, 0) is 44.4 Å². The molecule has 1 fully saturated rings. The Bertz CT molecular complexity index is 721. The zero-order chi connectivity index (χ0) is 18.6. The first-order chi connectivity index (χ1) is 11.8. The lowest BCUT2D eigenvalue weighted by atomic mass is 9.98. The minimum atomic E-state index is -3.54. The first-order valence-corrected chi connectivity index (χ1v) is 10.9. The summed E-state index contributed by atoms with van der Waals surface area (Å²) in [6, 6.07) is 4.79. The maximum atomic E-state index is 12.8. The average molecular weight is 407 g/mol. The lowest BCUT2D eigenvalue weighted by Gasteiger charge is -2.33. The predicted molar refractivity (Wildman–Crippen MR) is 101 cm³/mol. The number of nitrogens with zero attached hydrogens (tertiary/aromatic N) is 2. The minimum Gasteiger partial charge on any atom is -0.343 e. The van der Waals surface area contributed by atoms with Crippen molar-refractivity contribution in [1.82, 2.24) is 9.21 Å². The maximum absolute atomic E-state index is 12.8. The molecule has 0 spiro atoms. The van der Waals surface area contributed by atoms with Crippen LogP contribution in [0.15, 0.2) is 18.2 Å². The van der Waals surface area contributed by atoms with Crippen LogP contribution in [-0.2, 0) is 20.6 Å². The summed E-state index contributed by atoms with van der Waals surface area (Å²) in [5, 5.41) is 0.804. The third-order valence-corrected chi connectivity index (χ3v) is 6.94. The van der Waals surface area contributed by atoms with Crippen LogP contribution in [0.5, 0.6) is 0 Å². The lowest BCUT2D eigenvalue weighted by Crippen LogP contribution is -2.47. The number of halogens is 2. The number of sulfonamides is 1. The summed E-state index contributed by atoms with van der Waals surface area (Å²) in [5.74, 6) is -0.423. The van der Waals surface area contributed by atoms with Crippen molar-refractivity contribution in [2.24, 2.45) is 5.92 Å². The molecule has 1 aliphatic rings. The van der Waals surface area contributed by atoms with Gasteiger partial charge in [0.05, 0.1) is 11.7 Å².